The van der Waals surface area contributed by atoms with Crippen molar-refractivity contribution in [2.45, 2.75) is 114 Å². The zero-order chi connectivity index (χ0) is 33.4. The first-order valence-corrected chi connectivity index (χ1v) is 17.2. The van der Waals surface area contributed by atoms with Crippen LogP contribution in [0.25, 0.3) is 11.1 Å². The molecule has 4 unspecified atom stereocenters. The second-order valence-corrected chi connectivity index (χ2v) is 13.3. The molecule has 1 amide bonds. The molecule has 9 heteroatoms. The lowest BCUT2D eigenvalue weighted by molar-refractivity contribution is -0.122. The molecule has 1 aromatic heterocycles. The van der Waals surface area contributed by atoms with E-state index in [1.807, 2.05) is 18.5 Å². The maximum atomic E-state index is 12.4. The summed E-state index contributed by atoms with van der Waals surface area (Å²) in [5.41, 5.74) is 7.24. The molecular formula is C38H51N3O6. The number of aryl methyl sites for hydroxylation is 1. The van der Waals surface area contributed by atoms with E-state index in [1.54, 1.807) is 0 Å². The third-order valence-corrected chi connectivity index (χ3v) is 9.64. The van der Waals surface area contributed by atoms with Crippen LogP contribution in [0.15, 0.2) is 60.9 Å². The largest absolute Gasteiger partial charge is 0.490 e. The van der Waals surface area contributed by atoms with Crippen LogP contribution in [0, 0.1) is 0 Å². The van der Waals surface area contributed by atoms with Crippen molar-refractivity contribution in [2.75, 3.05) is 13.2 Å². The standard InChI is InChI=1S/C38H51N3O6/c1-3-26-11-12-27(25(2)7-6-10-36(45)40-24-34(44)37(46)33(43)16-20-42)21-28(26)22-41-38(17-18-38)32-23-39-19-15-30(32)31-8-4-5-9-35(31)47-29-13-14-29/h4-5,8-9,11-12,15,19,21,23,25,29,33-34,37,41-44,46H,3,6-7,10,13-14,16-18,20,22,24H2,1-2H3,(H,40,45). The predicted octanol–water partition coefficient (Wildman–Crippen LogP) is 4.49. The van der Waals surface area contributed by atoms with Gasteiger partial charge in [0, 0.05) is 49.6 Å². The minimum Gasteiger partial charge on any atom is -0.490 e. The molecule has 2 aromatic carbocycles. The molecule has 5 rings (SSSR count). The number of amides is 1. The van der Waals surface area contributed by atoms with Gasteiger partial charge in [0.05, 0.1) is 18.3 Å². The number of ether oxygens (including phenoxy) is 1. The second kappa shape index (κ2) is 16.2. The molecule has 0 saturated heterocycles. The van der Waals surface area contributed by atoms with Gasteiger partial charge < -0.3 is 35.8 Å². The third kappa shape index (κ3) is 9.18. The van der Waals surface area contributed by atoms with Crippen molar-refractivity contribution in [1.29, 1.82) is 0 Å². The van der Waals surface area contributed by atoms with Gasteiger partial charge in [-0.15, -0.1) is 0 Å². The van der Waals surface area contributed by atoms with Crippen molar-refractivity contribution in [3.8, 4) is 16.9 Å². The monoisotopic (exact) mass is 645 g/mol. The molecule has 0 spiro atoms. The second-order valence-electron chi connectivity index (χ2n) is 13.3. The Morgan fingerprint density at radius 2 is 1.81 bits per heavy atom. The number of carbonyl (C=O) groups excluding carboxylic acids is 1. The number of aliphatic hydroxyl groups is 4. The van der Waals surface area contributed by atoms with Gasteiger partial charge in [-0.2, -0.15) is 0 Å². The lowest BCUT2D eigenvalue weighted by Crippen LogP contribution is -2.44. The van der Waals surface area contributed by atoms with Crippen LogP contribution in [-0.2, 0) is 23.3 Å². The van der Waals surface area contributed by atoms with Gasteiger partial charge in [-0.3, -0.25) is 9.78 Å². The van der Waals surface area contributed by atoms with Gasteiger partial charge >= 0.3 is 0 Å². The topological polar surface area (TPSA) is 144 Å². The minimum absolute atomic E-state index is 0.0431. The molecule has 3 aromatic rings. The summed E-state index contributed by atoms with van der Waals surface area (Å²) in [6.07, 6.45) is 7.28. The van der Waals surface area contributed by atoms with Gasteiger partial charge in [-0.1, -0.05) is 50.2 Å². The smallest absolute Gasteiger partial charge is 0.220 e. The highest BCUT2D eigenvalue weighted by atomic mass is 16.5. The zero-order valence-electron chi connectivity index (χ0n) is 27.7. The van der Waals surface area contributed by atoms with E-state index >= 15 is 0 Å². The highest BCUT2D eigenvalue weighted by molar-refractivity contribution is 5.76. The lowest BCUT2D eigenvalue weighted by Gasteiger charge is -2.23. The summed E-state index contributed by atoms with van der Waals surface area (Å²) in [5.74, 6) is 0.991. The van der Waals surface area contributed by atoms with Gasteiger partial charge in [-0.25, -0.2) is 0 Å². The van der Waals surface area contributed by atoms with Crippen LogP contribution in [0.4, 0.5) is 0 Å². The summed E-state index contributed by atoms with van der Waals surface area (Å²) < 4.78 is 6.28. The summed E-state index contributed by atoms with van der Waals surface area (Å²) in [4.78, 5) is 16.9. The molecule has 2 saturated carbocycles. The first-order valence-electron chi connectivity index (χ1n) is 17.2. The van der Waals surface area contributed by atoms with E-state index in [4.69, 9.17) is 9.84 Å². The van der Waals surface area contributed by atoms with Crippen LogP contribution < -0.4 is 15.4 Å². The third-order valence-electron chi connectivity index (χ3n) is 9.64. The number of hydrogen-bond acceptors (Lipinski definition) is 8. The fourth-order valence-corrected chi connectivity index (χ4v) is 6.28. The summed E-state index contributed by atoms with van der Waals surface area (Å²) >= 11 is 0. The van der Waals surface area contributed by atoms with E-state index in [-0.39, 0.29) is 36.9 Å². The molecule has 2 fully saturated rings. The zero-order valence-corrected chi connectivity index (χ0v) is 27.7. The normalized spacial score (nSPS) is 17.8. The molecule has 6 N–H and O–H groups in total. The van der Waals surface area contributed by atoms with Crippen molar-refractivity contribution in [1.82, 2.24) is 15.6 Å². The van der Waals surface area contributed by atoms with Gasteiger partial charge in [0.2, 0.25) is 5.91 Å². The first kappa shape index (κ1) is 35.0. The van der Waals surface area contributed by atoms with Crippen molar-refractivity contribution < 1.29 is 30.0 Å². The Kier molecular flexibility index (Phi) is 12.0. The van der Waals surface area contributed by atoms with E-state index < -0.39 is 18.3 Å². The predicted molar refractivity (Wildman–Crippen MR) is 182 cm³/mol. The number of hydrogen-bond donors (Lipinski definition) is 6. The number of para-hydroxylation sites is 1. The van der Waals surface area contributed by atoms with Crippen LogP contribution >= 0.6 is 0 Å². The molecule has 254 valence electrons. The Morgan fingerprint density at radius 3 is 2.53 bits per heavy atom. The van der Waals surface area contributed by atoms with E-state index in [2.05, 4.69) is 71.9 Å². The van der Waals surface area contributed by atoms with E-state index in [9.17, 15) is 20.1 Å². The summed E-state index contributed by atoms with van der Waals surface area (Å²) in [7, 11) is 0. The van der Waals surface area contributed by atoms with E-state index in [1.165, 1.54) is 27.8 Å². The molecule has 4 atom stereocenters. The molecular weight excluding hydrogens is 594 g/mol. The summed E-state index contributed by atoms with van der Waals surface area (Å²) in [6.45, 7) is 4.67. The van der Waals surface area contributed by atoms with Gasteiger partial charge in [0.15, 0.2) is 0 Å². The fourth-order valence-electron chi connectivity index (χ4n) is 6.28. The number of nitrogens with one attached hydrogen (secondary N) is 2. The van der Waals surface area contributed by atoms with Crippen LogP contribution in [0.1, 0.15) is 93.4 Å². The van der Waals surface area contributed by atoms with Gasteiger partial charge in [0.25, 0.3) is 0 Å². The Balaban J connectivity index is 1.18. The molecule has 1 heterocycles. The highest BCUT2D eigenvalue weighted by Gasteiger charge is 2.46. The highest BCUT2D eigenvalue weighted by Crippen LogP contribution is 2.50. The van der Waals surface area contributed by atoms with Crippen molar-refractivity contribution in [2.24, 2.45) is 0 Å². The number of aliphatic hydroxyl groups excluding tert-OH is 4. The minimum atomic E-state index is -1.43. The average Bonchev–Trinajstić information content (AvgIpc) is 4.03. The van der Waals surface area contributed by atoms with Gasteiger partial charge in [-0.05, 0) is 97.2 Å². The maximum absolute atomic E-state index is 12.4. The first-order chi connectivity index (χ1) is 22.7. The SMILES string of the molecule is CCc1ccc(C(C)CCCC(=O)NCC(O)C(O)C(O)CCO)cc1CNC1(c2cnccc2-c2ccccc2OC2CC2)CC1. The van der Waals surface area contributed by atoms with Crippen LogP contribution in [0.5, 0.6) is 5.75 Å². The van der Waals surface area contributed by atoms with Crippen LogP contribution in [0.3, 0.4) is 0 Å². The molecule has 0 aliphatic heterocycles. The fraction of sp³-hybridized carbons (Fsp3) is 0.526. The number of rotatable bonds is 19. The molecule has 47 heavy (non-hydrogen) atoms. The van der Waals surface area contributed by atoms with Crippen LogP contribution in [0.2, 0.25) is 0 Å². The number of nitrogens with zero attached hydrogens (tertiary/aromatic N) is 1. The Labute approximate surface area is 278 Å². The van der Waals surface area contributed by atoms with Crippen molar-refractivity contribution in [3.05, 3.63) is 83.2 Å². The Morgan fingerprint density at radius 1 is 1.02 bits per heavy atom. The lowest BCUT2D eigenvalue weighted by atomic mass is 9.91. The number of pyridine rings is 1. The maximum Gasteiger partial charge on any atom is 0.220 e. The van der Waals surface area contributed by atoms with E-state index in [0.717, 1.165) is 56.4 Å². The summed E-state index contributed by atoms with van der Waals surface area (Å²) in [5, 5.41) is 45.2. The molecule has 0 radical (unpaired) electrons. The van der Waals surface area contributed by atoms with Crippen molar-refractivity contribution in [3.63, 3.8) is 0 Å². The average molecular weight is 646 g/mol. The van der Waals surface area contributed by atoms with Gasteiger partial charge in [0.1, 0.15) is 11.9 Å². The van der Waals surface area contributed by atoms with E-state index in [0.29, 0.717) is 18.9 Å². The molecule has 9 nitrogen and oxygen atoms in total. The number of aromatic nitrogens is 1. The van der Waals surface area contributed by atoms with Crippen LogP contribution in [-0.4, -0.2) is 68.9 Å². The number of benzene rings is 2. The quantitative estimate of drug-likeness (QED) is 0.112. The van der Waals surface area contributed by atoms with Crippen molar-refractivity contribution >= 4 is 5.91 Å². The number of carbonyl (C=O) groups is 1. The molecule has 2 aliphatic rings. The molecule has 0 bridgehead atoms. The Hall–Kier alpha value is -3.34. The molecule has 2 aliphatic carbocycles. The summed E-state index contributed by atoms with van der Waals surface area (Å²) in [6, 6.07) is 17.2. The Bertz CT molecular complexity index is 1470.